The van der Waals surface area contributed by atoms with E-state index in [1.165, 1.54) is 14.0 Å². The van der Waals surface area contributed by atoms with Crippen LogP contribution in [-0.2, 0) is 16.7 Å². The lowest BCUT2D eigenvalue weighted by Crippen LogP contribution is -2.39. The van der Waals surface area contributed by atoms with Gasteiger partial charge >= 0.3 is 16.1 Å². The molecule has 29 heavy (non-hydrogen) atoms. The second kappa shape index (κ2) is 9.98. The van der Waals surface area contributed by atoms with E-state index >= 15 is 0 Å². The fraction of sp³-hybridized carbons (Fsp3) is 0.350. The van der Waals surface area contributed by atoms with Crippen LogP contribution in [0.5, 0.6) is 11.5 Å². The minimum Gasteiger partial charge on any atom is -0.493 e. The Hall–Kier alpha value is -2.26. The molecule has 1 N–H and O–H groups in total. The Morgan fingerprint density at radius 3 is 2.45 bits per heavy atom. The molecule has 9 heteroatoms. The average Bonchev–Trinajstić information content (AvgIpc) is 2.67. The number of hydrogen-bond acceptors (Lipinski definition) is 5. The van der Waals surface area contributed by atoms with E-state index in [2.05, 4.69) is 21.2 Å². The number of benzene rings is 2. The first-order valence-electron chi connectivity index (χ1n) is 9.08. The van der Waals surface area contributed by atoms with Gasteiger partial charge in [-0.1, -0.05) is 18.2 Å². The average molecular weight is 485 g/mol. The molecule has 2 aromatic rings. The van der Waals surface area contributed by atoms with Crippen molar-refractivity contribution in [3.05, 3.63) is 52.5 Å². The van der Waals surface area contributed by atoms with Gasteiger partial charge in [-0.25, -0.2) is 4.79 Å². The summed E-state index contributed by atoms with van der Waals surface area (Å²) < 4.78 is 34.9. The zero-order valence-corrected chi connectivity index (χ0v) is 19.2. The van der Waals surface area contributed by atoms with Gasteiger partial charge in [0.15, 0.2) is 11.5 Å². The number of nitrogens with one attached hydrogen (secondary N) is 1. The topological polar surface area (TPSA) is 84.9 Å². The van der Waals surface area contributed by atoms with Gasteiger partial charge in [0.2, 0.25) is 0 Å². The molecule has 0 aliphatic rings. The first-order valence-corrected chi connectivity index (χ1v) is 11.4. The van der Waals surface area contributed by atoms with Crippen LogP contribution in [0.3, 0.4) is 0 Å². The van der Waals surface area contributed by atoms with Gasteiger partial charge < -0.3 is 19.1 Å². The van der Waals surface area contributed by atoms with Crippen molar-refractivity contribution in [3.8, 4) is 11.5 Å². The van der Waals surface area contributed by atoms with Gasteiger partial charge in [-0.15, -0.1) is 0 Å². The number of urea groups is 1. The molecule has 0 atom stereocenters. The Balaban J connectivity index is 2.26. The minimum absolute atomic E-state index is 0.0941. The van der Waals surface area contributed by atoms with Crippen LogP contribution in [-0.4, -0.2) is 38.3 Å². The first kappa shape index (κ1) is 23.0. The van der Waals surface area contributed by atoms with Gasteiger partial charge in [-0.3, -0.25) is 0 Å². The number of methoxy groups -OCH3 is 1. The fourth-order valence-corrected chi connectivity index (χ4v) is 3.42. The van der Waals surface area contributed by atoms with Crippen molar-refractivity contribution in [2.45, 2.75) is 33.4 Å². The third-order valence-electron chi connectivity index (χ3n) is 4.15. The summed E-state index contributed by atoms with van der Waals surface area (Å²) in [5.41, 5.74) is 1.37. The summed E-state index contributed by atoms with van der Waals surface area (Å²) in [4.78, 5) is 14.5. The third kappa shape index (κ3) is 6.37. The number of rotatable bonds is 8. The Morgan fingerprint density at radius 1 is 1.17 bits per heavy atom. The van der Waals surface area contributed by atoms with Crippen LogP contribution in [0.4, 0.5) is 10.5 Å². The van der Waals surface area contributed by atoms with Crippen molar-refractivity contribution < 1.29 is 22.1 Å². The van der Waals surface area contributed by atoms with Crippen LogP contribution in [0.15, 0.2) is 46.9 Å². The van der Waals surface area contributed by atoms with Crippen molar-refractivity contribution in [1.82, 2.24) is 4.90 Å². The lowest BCUT2D eigenvalue weighted by molar-refractivity contribution is 0.193. The summed E-state index contributed by atoms with van der Waals surface area (Å²) in [6, 6.07) is 11.9. The van der Waals surface area contributed by atoms with Crippen LogP contribution in [0.1, 0.15) is 26.3 Å². The number of para-hydroxylation sites is 1. The van der Waals surface area contributed by atoms with Gasteiger partial charge in [-0.2, -0.15) is 8.42 Å². The van der Waals surface area contributed by atoms with E-state index in [0.717, 1.165) is 4.47 Å². The maximum atomic E-state index is 12.8. The highest BCUT2D eigenvalue weighted by Crippen LogP contribution is 2.30. The number of halogens is 1. The molecule has 0 fully saturated rings. The molecule has 0 unspecified atom stereocenters. The number of hydrogen-bond donors (Lipinski definition) is 1. The Labute approximate surface area is 180 Å². The molecule has 0 aliphatic carbocycles. The Kier molecular flexibility index (Phi) is 7.92. The van der Waals surface area contributed by atoms with E-state index < -0.39 is 10.1 Å². The van der Waals surface area contributed by atoms with E-state index in [9.17, 15) is 13.2 Å². The molecule has 158 valence electrons. The standard InChI is InChI=1S/C20H25BrN2O5S/c1-5-29(25,26)28-19-12-15(10-11-18(19)27-4)13-23(14(2)3)20(24)22-17-9-7-6-8-16(17)21/h6-12,14H,5,13H2,1-4H3,(H,22,24). The summed E-state index contributed by atoms with van der Waals surface area (Å²) in [6.07, 6.45) is 0. The molecule has 0 saturated carbocycles. The van der Waals surface area contributed by atoms with Gasteiger partial charge in [0.05, 0.1) is 18.6 Å². The molecular weight excluding hydrogens is 460 g/mol. The van der Waals surface area contributed by atoms with Crippen molar-refractivity contribution in [1.29, 1.82) is 0 Å². The van der Waals surface area contributed by atoms with Crippen LogP contribution < -0.4 is 14.2 Å². The summed E-state index contributed by atoms with van der Waals surface area (Å²) in [7, 11) is -2.27. The minimum atomic E-state index is -3.71. The molecule has 0 saturated heterocycles. The van der Waals surface area contributed by atoms with E-state index in [0.29, 0.717) is 17.0 Å². The summed E-state index contributed by atoms with van der Waals surface area (Å²) >= 11 is 3.42. The number of anilines is 1. The largest absolute Gasteiger partial charge is 0.493 e. The highest BCUT2D eigenvalue weighted by atomic mass is 79.9. The Bertz CT molecular complexity index is 963. The van der Waals surface area contributed by atoms with Gasteiger partial charge in [0.25, 0.3) is 0 Å². The van der Waals surface area contributed by atoms with E-state index in [1.807, 2.05) is 32.0 Å². The number of nitrogens with zero attached hydrogens (tertiary/aromatic N) is 1. The fourth-order valence-electron chi connectivity index (χ4n) is 2.52. The normalized spacial score (nSPS) is 11.2. The van der Waals surface area contributed by atoms with Gasteiger partial charge in [-0.05, 0) is 66.5 Å². The van der Waals surface area contributed by atoms with E-state index in [4.69, 9.17) is 8.92 Å². The zero-order chi connectivity index (χ0) is 21.6. The summed E-state index contributed by atoms with van der Waals surface area (Å²) in [5, 5.41) is 2.88. The van der Waals surface area contributed by atoms with Crippen molar-refractivity contribution in [2.24, 2.45) is 0 Å². The lowest BCUT2D eigenvalue weighted by atomic mass is 10.1. The van der Waals surface area contributed by atoms with Crippen molar-refractivity contribution >= 4 is 37.8 Å². The lowest BCUT2D eigenvalue weighted by Gasteiger charge is -2.27. The zero-order valence-electron chi connectivity index (χ0n) is 16.8. The predicted octanol–water partition coefficient (Wildman–Crippen LogP) is 4.63. The van der Waals surface area contributed by atoms with E-state index in [1.54, 1.807) is 29.2 Å². The molecular formula is C20H25BrN2O5S. The second-order valence-corrected chi connectivity index (χ2v) is 9.26. The summed E-state index contributed by atoms with van der Waals surface area (Å²) in [5.74, 6) is 0.244. The van der Waals surface area contributed by atoms with Crippen molar-refractivity contribution in [3.63, 3.8) is 0 Å². The Morgan fingerprint density at radius 2 is 1.86 bits per heavy atom. The van der Waals surface area contributed by atoms with Gasteiger partial charge in [0, 0.05) is 17.1 Å². The molecule has 0 aromatic heterocycles. The molecule has 2 rings (SSSR count). The molecule has 2 amide bonds. The molecule has 0 bridgehead atoms. The molecule has 0 aliphatic heterocycles. The maximum Gasteiger partial charge on any atom is 0.322 e. The van der Waals surface area contributed by atoms with Crippen LogP contribution in [0.25, 0.3) is 0 Å². The predicted molar refractivity (Wildman–Crippen MR) is 117 cm³/mol. The van der Waals surface area contributed by atoms with Crippen LogP contribution in [0.2, 0.25) is 0 Å². The molecule has 0 radical (unpaired) electrons. The SMILES string of the molecule is CCS(=O)(=O)Oc1cc(CN(C(=O)Nc2ccccc2Br)C(C)C)ccc1OC. The quantitative estimate of drug-likeness (QED) is 0.552. The van der Waals surface area contributed by atoms with Crippen LogP contribution >= 0.6 is 15.9 Å². The molecule has 7 nitrogen and oxygen atoms in total. The molecule has 0 heterocycles. The number of carbonyl (C=O) groups is 1. The van der Waals surface area contributed by atoms with Gasteiger partial charge in [0.1, 0.15) is 0 Å². The van der Waals surface area contributed by atoms with Crippen LogP contribution in [0, 0.1) is 0 Å². The smallest absolute Gasteiger partial charge is 0.322 e. The highest BCUT2D eigenvalue weighted by molar-refractivity contribution is 9.10. The summed E-state index contributed by atoms with van der Waals surface area (Å²) in [6.45, 7) is 5.57. The number of carbonyl (C=O) groups excluding carboxylic acids is 1. The second-order valence-electron chi connectivity index (χ2n) is 6.55. The molecule has 2 aromatic carbocycles. The highest BCUT2D eigenvalue weighted by Gasteiger charge is 2.20. The maximum absolute atomic E-state index is 12.8. The van der Waals surface area contributed by atoms with Crippen molar-refractivity contribution in [2.75, 3.05) is 18.2 Å². The third-order valence-corrected chi connectivity index (χ3v) is 5.98. The number of ether oxygens (including phenoxy) is 1. The molecule has 0 spiro atoms. The van der Waals surface area contributed by atoms with E-state index in [-0.39, 0.29) is 30.1 Å². The first-order chi connectivity index (χ1) is 13.7. The number of amides is 2. The monoisotopic (exact) mass is 484 g/mol.